The predicted octanol–water partition coefficient (Wildman–Crippen LogP) is 1.83. The summed E-state index contributed by atoms with van der Waals surface area (Å²) >= 11 is 3.12. The summed E-state index contributed by atoms with van der Waals surface area (Å²) in [5, 5.41) is 3.10. The van der Waals surface area contributed by atoms with Crippen molar-refractivity contribution >= 4 is 27.7 Å². The van der Waals surface area contributed by atoms with Crippen LogP contribution in [0.4, 0.5) is 4.39 Å². The highest BCUT2D eigenvalue weighted by Gasteiger charge is 2.31. The first-order valence-corrected chi connectivity index (χ1v) is 6.76. The molecule has 2 amide bonds. The van der Waals surface area contributed by atoms with Gasteiger partial charge in [-0.2, -0.15) is 0 Å². The van der Waals surface area contributed by atoms with Gasteiger partial charge >= 0.3 is 0 Å². The first-order chi connectivity index (χ1) is 8.99. The molecule has 1 aliphatic heterocycles. The van der Waals surface area contributed by atoms with E-state index in [0.29, 0.717) is 23.9 Å². The largest absolute Gasteiger partial charge is 0.302 e. The maximum absolute atomic E-state index is 13.1. The van der Waals surface area contributed by atoms with Crippen LogP contribution in [0.15, 0.2) is 22.7 Å². The second-order valence-electron chi connectivity index (χ2n) is 4.51. The van der Waals surface area contributed by atoms with E-state index in [9.17, 15) is 14.0 Å². The average Bonchev–Trinajstić information content (AvgIpc) is 2.39. The van der Waals surface area contributed by atoms with E-state index in [1.54, 1.807) is 12.1 Å². The Hall–Kier alpha value is -1.27. The number of likely N-dealkylation sites (tertiary alicyclic amines) is 1. The molecule has 2 rings (SSSR count). The minimum Gasteiger partial charge on any atom is -0.302 e. The highest BCUT2D eigenvalue weighted by Crippen LogP contribution is 2.17. The van der Waals surface area contributed by atoms with Gasteiger partial charge in [-0.25, -0.2) is 4.39 Å². The number of carbonyl (C=O) groups is 2. The van der Waals surface area contributed by atoms with Crippen LogP contribution < -0.4 is 5.32 Å². The zero-order chi connectivity index (χ0) is 14.0. The molecule has 19 heavy (non-hydrogen) atoms. The number of benzene rings is 1. The molecular formula is C13H14BrFN2O2. The van der Waals surface area contributed by atoms with Gasteiger partial charge in [0.1, 0.15) is 5.82 Å². The number of nitrogens with zero attached hydrogens (tertiary/aromatic N) is 1. The first-order valence-electron chi connectivity index (χ1n) is 5.96. The normalized spacial score (nSPS) is 19.9. The molecule has 1 aliphatic rings. The van der Waals surface area contributed by atoms with E-state index in [-0.39, 0.29) is 23.7 Å². The molecule has 6 heteroatoms. The molecule has 102 valence electrons. The lowest BCUT2D eigenvalue weighted by atomic mass is 10.0. The topological polar surface area (TPSA) is 49.4 Å². The molecular weight excluding hydrogens is 315 g/mol. The van der Waals surface area contributed by atoms with Gasteiger partial charge in [0.15, 0.2) is 0 Å². The van der Waals surface area contributed by atoms with Crippen LogP contribution in [0.5, 0.6) is 0 Å². The Bertz CT molecular complexity index is 521. The molecule has 1 saturated heterocycles. The molecule has 1 fully saturated rings. The third-order valence-electron chi connectivity index (χ3n) is 3.19. The summed E-state index contributed by atoms with van der Waals surface area (Å²) in [6.07, 6.45) is 0.872. The smallest absolute Gasteiger partial charge is 0.246 e. The molecule has 0 saturated carbocycles. The van der Waals surface area contributed by atoms with Crippen molar-refractivity contribution in [3.63, 3.8) is 0 Å². The fourth-order valence-corrected chi connectivity index (χ4v) is 2.42. The Balaban J connectivity index is 1.97. The lowest BCUT2D eigenvalue weighted by Gasteiger charge is -2.28. The van der Waals surface area contributed by atoms with E-state index in [1.807, 2.05) is 0 Å². The van der Waals surface area contributed by atoms with Crippen molar-refractivity contribution < 1.29 is 14.0 Å². The van der Waals surface area contributed by atoms with Gasteiger partial charge in [0, 0.05) is 20.0 Å². The van der Waals surface area contributed by atoms with Crippen LogP contribution in [-0.4, -0.2) is 29.8 Å². The van der Waals surface area contributed by atoms with Crippen LogP contribution in [0, 0.1) is 5.82 Å². The standard InChI is InChI=1S/C13H14BrFN2O2/c1-17-12(18)5-4-11(13(17)19)16-7-8-2-3-10(15)9(14)6-8/h2-3,6,11,16H,4-5,7H2,1H3. The van der Waals surface area contributed by atoms with Crippen LogP contribution >= 0.6 is 15.9 Å². The summed E-state index contributed by atoms with van der Waals surface area (Å²) in [5.74, 6) is -0.673. The summed E-state index contributed by atoms with van der Waals surface area (Å²) in [7, 11) is 1.49. The molecule has 0 bridgehead atoms. The number of amides is 2. The van der Waals surface area contributed by atoms with Gasteiger partial charge in [0.2, 0.25) is 11.8 Å². The number of hydrogen-bond donors (Lipinski definition) is 1. The van der Waals surface area contributed by atoms with Crippen LogP contribution in [0.25, 0.3) is 0 Å². The van der Waals surface area contributed by atoms with E-state index in [0.717, 1.165) is 10.5 Å². The second-order valence-corrected chi connectivity index (χ2v) is 5.37. The van der Waals surface area contributed by atoms with Crippen molar-refractivity contribution in [2.24, 2.45) is 0 Å². The third-order valence-corrected chi connectivity index (χ3v) is 3.79. The minimum atomic E-state index is -0.355. The zero-order valence-electron chi connectivity index (χ0n) is 10.5. The fraction of sp³-hybridized carbons (Fsp3) is 0.385. The van der Waals surface area contributed by atoms with Crippen molar-refractivity contribution in [3.05, 3.63) is 34.1 Å². The van der Waals surface area contributed by atoms with E-state index < -0.39 is 0 Å². The number of halogens is 2. The Labute approximate surface area is 119 Å². The molecule has 1 N–H and O–H groups in total. The van der Waals surface area contributed by atoms with Gasteiger partial charge in [-0.3, -0.25) is 14.5 Å². The van der Waals surface area contributed by atoms with Crippen molar-refractivity contribution in [2.45, 2.75) is 25.4 Å². The van der Waals surface area contributed by atoms with Gasteiger partial charge in [0.05, 0.1) is 10.5 Å². The Morgan fingerprint density at radius 1 is 1.47 bits per heavy atom. The minimum absolute atomic E-state index is 0.146. The molecule has 0 spiro atoms. The lowest BCUT2D eigenvalue weighted by Crippen LogP contribution is -2.51. The van der Waals surface area contributed by atoms with Crippen molar-refractivity contribution in [2.75, 3.05) is 7.05 Å². The Kier molecular flexibility index (Phi) is 4.31. The van der Waals surface area contributed by atoms with E-state index in [2.05, 4.69) is 21.2 Å². The number of hydrogen-bond acceptors (Lipinski definition) is 3. The van der Waals surface area contributed by atoms with Gasteiger partial charge in [-0.1, -0.05) is 6.07 Å². The number of rotatable bonds is 3. The summed E-state index contributed by atoms with van der Waals surface area (Å²) in [4.78, 5) is 24.3. The molecule has 1 aromatic carbocycles. The van der Waals surface area contributed by atoms with Gasteiger partial charge in [-0.05, 0) is 40.0 Å². The summed E-state index contributed by atoms with van der Waals surface area (Å²) in [6.45, 7) is 0.456. The molecule has 1 atom stereocenters. The molecule has 0 aliphatic carbocycles. The summed E-state index contributed by atoms with van der Waals surface area (Å²) < 4.78 is 13.5. The molecule has 1 unspecified atom stereocenters. The SMILES string of the molecule is CN1C(=O)CCC(NCc2ccc(F)c(Br)c2)C1=O. The molecule has 0 aromatic heterocycles. The van der Waals surface area contributed by atoms with Gasteiger partial charge in [0.25, 0.3) is 0 Å². The highest BCUT2D eigenvalue weighted by molar-refractivity contribution is 9.10. The zero-order valence-corrected chi connectivity index (χ0v) is 12.0. The molecule has 1 aromatic rings. The quantitative estimate of drug-likeness (QED) is 0.861. The molecule has 4 nitrogen and oxygen atoms in total. The second kappa shape index (κ2) is 5.79. The predicted molar refractivity (Wildman–Crippen MR) is 71.7 cm³/mol. The number of imide groups is 1. The van der Waals surface area contributed by atoms with E-state index in [1.165, 1.54) is 13.1 Å². The van der Waals surface area contributed by atoms with Crippen molar-refractivity contribution in [1.29, 1.82) is 0 Å². The molecule has 1 heterocycles. The van der Waals surface area contributed by atoms with Gasteiger partial charge < -0.3 is 5.32 Å². The average molecular weight is 329 g/mol. The van der Waals surface area contributed by atoms with Crippen molar-refractivity contribution in [3.8, 4) is 0 Å². The number of piperidine rings is 1. The highest BCUT2D eigenvalue weighted by atomic mass is 79.9. The van der Waals surface area contributed by atoms with E-state index >= 15 is 0 Å². The van der Waals surface area contributed by atoms with Crippen LogP contribution in [0.2, 0.25) is 0 Å². The lowest BCUT2D eigenvalue weighted by molar-refractivity contribution is -0.148. The summed E-state index contributed by atoms with van der Waals surface area (Å²) in [6, 6.07) is 4.35. The monoisotopic (exact) mass is 328 g/mol. The van der Waals surface area contributed by atoms with Gasteiger partial charge in [-0.15, -0.1) is 0 Å². The van der Waals surface area contributed by atoms with Crippen LogP contribution in [0.1, 0.15) is 18.4 Å². The maximum atomic E-state index is 13.1. The number of likely N-dealkylation sites (N-methyl/N-ethyl adjacent to an activating group) is 1. The van der Waals surface area contributed by atoms with Crippen LogP contribution in [0.3, 0.4) is 0 Å². The van der Waals surface area contributed by atoms with Crippen LogP contribution in [-0.2, 0) is 16.1 Å². The Morgan fingerprint density at radius 2 is 2.21 bits per heavy atom. The first kappa shape index (κ1) is 14.1. The summed E-state index contributed by atoms with van der Waals surface area (Å²) in [5.41, 5.74) is 0.876. The molecule has 0 radical (unpaired) electrons. The van der Waals surface area contributed by atoms with E-state index in [4.69, 9.17) is 0 Å². The number of nitrogens with one attached hydrogen (secondary N) is 1. The third kappa shape index (κ3) is 3.19. The fourth-order valence-electron chi connectivity index (χ4n) is 2.00. The van der Waals surface area contributed by atoms with Crippen molar-refractivity contribution in [1.82, 2.24) is 10.2 Å². The Morgan fingerprint density at radius 3 is 2.89 bits per heavy atom. The maximum Gasteiger partial charge on any atom is 0.246 e. The number of carbonyl (C=O) groups excluding carboxylic acids is 2.